The zero-order valence-electron chi connectivity index (χ0n) is 19.4. The van der Waals surface area contributed by atoms with Crippen LogP contribution in [0.1, 0.15) is 34.3 Å². The van der Waals surface area contributed by atoms with Gasteiger partial charge < -0.3 is 20.3 Å². The van der Waals surface area contributed by atoms with Crippen LogP contribution in [0.2, 0.25) is 5.02 Å². The van der Waals surface area contributed by atoms with Gasteiger partial charge in [-0.2, -0.15) is 0 Å². The van der Waals surface area contributed by atoms with Gasteiger partial charge in [-0.25, -0.2) is 14.2 Å². The molecule has 0 saturated carbocycles. The van der Waals surface area contributed by atoms with Crippen molar-refractivity contribution in [3.05, 3.63) is 69.4 Å². The maximum Gasteiger partial charge on any atom is 0.407 e. The highest BCUT2D eigenvalue weighted by Crippen LogP contribution is 2.32. The summed E-state index contributed by atoms with van der Waals surface area (Å²) in [7, 11) is 1.24. The van der Waals surface area contributed by atoms with Gasteiger partial charge in [0.15, 0.2) is 0 Å². The van der Waals surface area contributed by atoms with Crippen LogP contribution in [-0.4, -0.2) is 54.5 Å². The number of benzene rings is 2. The fourth-order valence-corrected chi connectivity index (χ4v) is 5.06. The topological polar surface area (TPSA) is 101 Å². The van der Waals surface area contributed by atoms with Gasteiger partial charge in [-0.05, 0) is 48.7 Å². The van der Waals surface area contributed by atoms with Crippen molar-refractivity contribution < 1.29 is 23.5 Å². The van der Waals surface area contributed by atoms with E-state index in [0.29, 0.717) is 42.2 Å². The number of thiazole rings is 1. The summed E-state index contributed by atoms with van der Waals surface area (Å²) in [5.41, 5.74) is 2.00. The molecule has 188 valence electrons. The average Bonchev–Trinajstić information content (AvgIpc) is 3.39. The predicted molar refractivity (Wildman–Crippen MR) is 136 cm³/mol. The monoisotopic (exact) mass is 530 g/mol. The summed E-state index contributed by atoms with van der Waals surface area (Å²) >= 11 is 7.37. The molecule has 3 amide bonds. The summed E-state index contributed by atoms with van der Waals surface area (Å²) < 4.78 is 18.4. The Morgan fingerprint density at radius 1 is 1.17 bits per heavy atom. The molecule has 1 aromatic heterocycles. The number of amides is 3. The number of anilines is 1. The van der Waals surface area contributed by atoms with Crippen LogP contribution < -0.4 is 10.6 Å². The molecule has 11 heteroatoms. The van der Waals surface area contributed by atoms with Crippen LogP contribution in [-0.2, 0) is 9.53 Å². The van der Waals surface area contributed by atoms with E-state index in [1.807, 2.05) is 0 Å². The number of carbonyl (C=O) groups excluding carboxylic acids is 3. The number of nitrogens with zero attached hydrogens (tertiary/aromatic N) is 2. The Kier molecular flexibility index (Phi) is 8.17. The molecule has 8 nitrogen and oxygen atoms in total. The van der Waals surface area contributed by atoms with Gasteiger partial charge >= 0.3 is 6.09 Å². The average molecular weight is 531 g/mol. The summed E-state index contributed by atoms with van der Waals surface area (Å²) in [6, 6.07) is 11.1. The van der Waals surface area contributed by atoms with E-state index < -0.39 is 11.9 Å². The minimum absolute atomic E-state index is 0.111. The third-order valence-corrected chi connectivity index (χ3v) is 7.17. The molecule has 0 spiro atoms. The lowest BCUT2D eigenvalue weighted by Gasteiger charge is -2.31. The first-order valence-corrected chi connectivity index (χ1v) is 12.5. The number of alkyl carbamates (subject to hydrolysis) is 1. The van der Waals surface area contributed by atoms with E-state index in [4.69, 9.17) is 11.6 Å². The van der Waals surface area contributed by atoms with Gasteiger partial charge in [0.2, 0.25) is 5.91 Å². The largest absolute Gasteiger partial charge is 0.453 e. The Balaban J connectivity index is 1.38. The molecule has 1 saturated heterocycles. The normalized spacial score (nSPS) is 13.8. The maximum absolute atomic E-state index is 14.0. The van der Waals surface area contributed by atoms with Gasteiger partial charge in [0.05, 0.1) is 12.1 Å². The van der Waals surface area contributed by atoms with Crippen molar-refractivity contribution in [1.82, 2.24) is 15.2 Å². The summed E-state index contributed by atoms with van der Waals surface area (Å²) in [4.78, 5) is 42.6. The fourth-order valence-electron chi connectivity index (χ4n) is 3.97. The van der Waals surface area contributed by atoms with E-state index in [1.54, 1.807) is 34.5 Å². The van der Waals surface area contributed by atoms with Gasteiger partial charge in [0, 0.05) is 40.7 Å². The first-order chi connectivity index (χ1) is 17.3. The molecule has 2 aromatic carbocycles. The fraction of sp³-hybridized carbons (Fsp3) is 0.280. The van der Waals surface area contributed by atoms with Crippen LogP contribution in [0, 0.1) is 5.82 Å². The predicted octanol–water partition coefficient (Wildman–Crippen LogP) is 4.92. The van der Waals surface area contributed by atoms with Crippen LogP contribution in [0.15, 0.2) is 47.8 Å². The van der Waals surface area contributed by atoms with E-state index in [1.165, 1.54) is 36.6 Å². The van der Waals surface area contributed by atoms with Crippen molar-refractivity contribution in [2.24, 2.45) is 0 Å². The summed E-state index contributed by atoms with van der Waals surface area (Å²) in [5.74, 6) is -0.848. The number of rotatable bonds is 6. The van der Waals surface area contributed by atoms with E-state index in [2.05, 4.69) is 20.4 Å². The third-order valence-electron chi connectivity index (χ3n) is 5.91. The van der Waals surface area contributed by atoms with Crippen molar-refractivity contribution in [1.29, 1.82) is 0 Å². The van der Waals surface area contributed by atoms with Crippen LogP contribution in [0.3, 0.4) is 0 Å². The minimum atomic E-state index is -0.646. The minimum Gasteiger partial charge on any atom is -0.453 e. The Labute approximate surface area is 216 Å². The van der Waals surface area contributed by atoms with Gasteiger partial charge in [0.1, 0.15) is 18.1 Å². The van der Waals surface area contributed by atoms with E-state index in [-0.39, 0.29) is 30.0 Å². The number of halogens is 2. The number of nitrogens with one attached hydrogen (secondary N) is 2. The summed E-state index contributed by atoms with van der Waals surface area (Å²) in [6.07, 6.45) is 0.766. The van der Waals surface area contributed by atoms with E-state index >= 15 is 0 Å². The van der Waals surface area contributed by atoms with Crippen molar-refractivity contribution >= 4 is 46.5 Å². The lowest BCUT2D eigenvalue weighted by atomic mass is 9.97. The molecule has 2 heterocycles. The molecule has 3 aromatic rings. The molecule has 1 aliphatic heterocycles. The van der Waals surface area contributed by atoms with Gasteiger partial charge in [0.25, 0.3) is 5.91 Å². The molecule has 0 bridgehead atoms. The molecule has 0 aliphatic carbocycles. The Hall–Kier alpha value is -3.50. The lowest BCUT2D eigenvalue weighted by Crippen LogP contribution is -2.43. The van der Waals surface area contributed by atoms with Crippen LogP contribution in [0.5, 0.6) is 0 Å². The Morgan fingerprint density at radius 2 is 1.89 bits per heavy atom. The van der Waals surface area contributed by atoms with Crippen molar-refractivity contribution in [2.45, 2.75) is 18.8 Å². The maximum atomic E-state index is 14.0. The number of ether oxygens (including phenoxy) is 1. The number of hydrogen-bond acceptors (Lipinski definition) is 6. The summed E-state index contributed by atoms with van der Waals surface area (Å²) in [5, 5.41) is 8.33. The van der Waals surface area contributed by atoms with Crippen molar-refractivity contribution in [3.63, 3.8) is 0 Å². The molecule has 0 radical (unpaired) electrons. The number of piperidine rings is 1. The second kappa shape index (κ2) is 11.5. The SMILES string of the molecule is COC(=O)NCC(=O)N1CCC(c2nc(C(=O)Nc3ccc(F)cc3-c3ccc(Cl)cc3)cs2)CC1. The molecule has 0 atom stereocenters. The smallest absolute Gasteiger partial charge is 0.407 e. The standard InChI is InChI=1S/C25H24ClFN4O4S/c1-35-25(34)28-13-22(32)31-10-8-16(9-11-31)24-30-21(14-36-24)23(33)29-20-7-6-18(27)12-19(20)15-2-4-17(26)5-3-15/h2-7,12,14,16H,8-11,13H2,1H3,(H,28,34)(H,29,33). The van der Waals surface area contributed by atoms with E-state index in [0.717, 1.165) is 10.6 Å². The second-order valence-electron chi connectivity index (χ2n) is 8.22. The quantitative estimate of drug-likeness (QED) is 0.471. The van der Waals surface area contributed by atoms with Crippen LogP contribution >= 0.6 is 22.9 Å². The molecule has 1 fully saturated rings. The van der Waals surface area contributed by atoms with Gasteiger partial charge in [-0.3, -0.25) is 9.59 Å². The molecule has 36 heavy (non-hydrogen) atoms. The lowest BCUT2D eigenvalue weighted by molar-refractivity contribution is -0.131. The molecule has 2 N–H and O–H groups in total. The highest BCUT2D eigenvalue weighted by Gasteiger charge is 2.26. The highest BCUT2D eigenvalue weighted by molar-refractivity contribution is 7.10. The van der Waals surface area contributed by atoms with E-state index in [9.17, 15) is 18.8 Å². The molecular weight excluding hydrogens is 507 g/mol. The third kappa shape index (κ3) is 6.19. The number of carbonyl (C=O) groups is 3. The van der Waals surface area contributed by atoms with Crippen molar-refractivity contribution in [2.75, 3.05) is 32.1 Å². The van der Waals surface area contributed by atoms with Crippen LogP contribution in [0.25, 0.3) is 11.1 Å². The van der Waals surface area contributed by atoms with Crippen LogP contribution in [0.4, 0.5) is 14.9 Å². The zero-order chi connectivity index (χ0) is 25.7. The molecule has 1 aliphatic rings. The molecular formula is C25H24ClFN4O4S. The van der Waals surface area contributed by atoms with Crippen molar-refractivity contribution in [3.8, 4) is 11.1 Å². The van der Waals surface area contributed by atoms with Gasteiger partial charge in [-0.1, -0.05) is 23.7 Å². The number of methoxy groups -OCH3 is 1. The Bertz CT molecular complexity index is 1260. The molecule has 0 unspecified atom stereocenters. The number of likely N-dealkylation sites (tertiary alicyclic amines) is 1. The molecule has 4 rings (SSSR count). The highest BCUT2D eigenvalue weighted by atomic mass is 35.5. The zero-order valence-corrected chi connectivity index (χ0v) is 21.0. The second-order valence-corrected chi connectivity index (χ2v) is 9.55. The first-order valence-electron chi connectivity index (χ1n) is 11.3. The summed E-state index contributed by atoms with van der Waals surface area (Å²) in [6.45, 7) is 0.960. The number of aromatic nitrogens is 1. The first kappa shape index (κ1) is 25.6. The number of hydrogen-bond donors (Lipinski definition) is 2. The Morgan fingerprint density at radius 3 is 2.58 bits per heavy atom. The van der Waals surface area contributed by atoms with Gasteiger partial charge in [-0.15, -0.1) is 11.3 Å².